The van der Waals surface area contributed by atoms with E-state index in [4.69, 9.17) is 4.74 Å². The highest BCUT2D eigenvalue weighted by Gasteiger charge is 2.39. The number of carbonyl (C=O) groups is 1. The average molecular weight is 355 g/mol. The van der Waals surface area contributed by atoms with Crippen LogP contribution in [0.15, 0.2) is 18.2 Å². The van der Waals surface area contributed by atoms with Crippen molar-refractivity contribution in [2.75, 3.05) is 11.4 Å². The minimum Gasteiger partial charge on any atom is -0.484 e. The summed E-state index contributed by atoms with van der Waals surface area (Å²) >= 11 is 0. The molecule has 0 aliphatic carbocycles. The van der Waals surface area contributed by atoms with Crippen LogP contribution in [-0.2, 0) is 11.0 Å². The molecule has 24 heavy (non-hydrogen) atoms. The number of benzene rings is 1. The van der Waals surface area contributed by atoms with Crippen LogP contribution < -0.4 is 9.64 Å². The fraction of sp³-hybridized carbons (Fsp3) is 0.533. The molecule has 0 spiro atoms. The molecule has 2 rings (SSSR count). The zero-order valence-corrected chi connectivity index (χ0v) is 12.9. The molecule has 1 amide bonds. The van der Waals surface area contributed by atoms with Gasteiger partial charge < -0.3 is 9.64 Å². The van der Waals surface area contributed by atoms with Crippen molar-refractivity contribution in [3.05, 3.63) is 23.8 Å². The van der Waals surface area contributed by atoms with Crippen molar-refractivity contribution in [1.82, 2.24) is 0 Å². The predicted molar refractivity (Wildman–Crippen MR) is 73.8 cm³/mol. The minimum absolute atomic E-state index is 0.0274. The fourth-order valence-electron chi connectivity index (χ4n) is 2.39. The van der Waals surface area contributed by atoms with Gasteiger partial charge in [-0.05, 0) is 32.0 Å². The maximum atomic E-state index is 12.8. The van der Waals surface area contributed by atoms with E-state index in [1.54, 1.807) is 13.8 Å². The molecular formula is C15H15F6NO2. The largest absolute Gasteiger partial charge is 0.484 e. The van der Waals surface area contributed by atoms with Gasteiger partial charge in [0.1, 0.15) is 11.4 Å². The monoisotopic (exact) mass is 355 g/mol. The summed E-state index contributed by atoms with van der Waals surface area (Å²) in [5.74, 6) is -0.871. The molecule has 0 radical (unpaired) electrons. The van der Waals surface area contributed by atoms with Crippen LogP contribution in [0.1, 0.15) is 32.3 Å². The van der Waals surface area contributed by atoms with Crippen LogP contribution in [0.2, 0.25) is 0 Å². The first-order valence-corrected chi connectivity index (χ1v) is 7.06. The Kier molecular flexibility index (Phi) is 4.49. The van der Waals surface area contributed by atoms with Crippen LogP contribution in [-0.4, -0.2) is 24.2 Å². The summed E-state index contributed by atoms with van der Waals surface area (Å²) in [5, 5.41) is 0. The van der Waals surface area contributed by atoms with E-state index in [0.717, 1.165) is 23.1 Å². The Morgan fingerprint density at radius 3 is 2.38 bits per heavy atom. The summed E-state index contributed by atoms with van der Waals surface area (Å²) in [6.45, 7) is 3.05. The number of ether oxygens (including phenoxy) is 1. The Morgan fingerprint density at radius 2 is 1.83 bits per heavy atom. The van der Waals surface area contributed by atoms with Crippen LogP contribution in [0, 0.1) is 0 Å². The molecule has 0 fully saturated rings. The van der Waals surface area contributed by atoms with Crippen LogP contribution >= 0.6 is 0 Å². The van der Waals surface area contributed by atoms with Gasteiger partial charge in [0.25, 0.3) is 0 Å². The zero-order chi connectivity index (χ0) is 18.3. The third kappa shape index (κ3) is 4.33. The van der Waals surface area contributed by atoms with Gasteiger partial charge in [-0.3, -0.25) is 4.79 Å². The first-order valence-electron chi connectivity index (χ1n) is 7.06. The molecule has 0 bridgehead atoms. The molecule has 1 aliphatic rings. The number of nitrogens with zero attached hydrogens (tertiary/aromatic N) is 1. The van der Waals surface area contributed by atoms with E-state index in [1.165, 1.54) is 0 Å². The van der Waals surface area contributed by atoms with Gasteiger partial charge in [0.15, 0.2) is 0 Å². The Labute approximate surface area is 134 Å². The minimum atomic E-state index is -4.64. The lowest BCUT2D eigenvalue weighted by molar-refractivity contribution is -0.143. The first kappa shape index (κ1) is 18.4. The zero-order valence-electron chi connectivity index (χ0n) is 12.9. The predicted octanol–water partition coefficient (Wildman–Crippen LogP) is 4.55. The van der Waals surface area contributed by atoms with Crippen molar-refractivity contribution in [2.45, 2.75) is 44.6 Å². The van der Waals surface area contributed by atoms with Gasteiger partial charge in [0, 0.05) is 6.42 Å². The maximum absolute atomic E-state index is 12.8. The molecule has 0 atom stereocenters. The smallest absolute Gasteiger partial charge is 0.416 e. The van der Waals surface area contributed by atoms with Crippen LogP contribution in [0.4, 0.5) is 32.0 Å². The van der Waals surface area contributed by atoms with E-state index in [9.17, 15) is 31.1 Å². The highest BCUT2D eigenvalue weighted by atomic mass is 19.4. The number of hydrogen-bond acceptors (Lipinski definition) is 2. The van der Waals surface area contributed by atoms with Gasteiger partial charge in [-0.15, -0.1) is 0 Å². The maximum Gasteiger partial charge on any atom is 0.416 e. The lowest BCUT2D eigenvalue weighted by Crippen LogP contribution is -2.49. The molecule has 1 aromatic carbocycles. The van der Waals surface area contributed by atoms with Crippen molar-refractivity contribution in [1.29, 1.82) is 0 Å². The summed E-state index contributed by atoms with van der Waals surface area (Å²) in [6, 6.07) is 2.60. The summed E-state index contributed by atoms with van der Waals surface area (Å²) in [7, 11) is 0. The number of fused-ring (bicyclic) bond motifs is 1. The number of anilines is 1. The average Bonchev–Trinajstić information content (AvgIpc) is 2.40. The Hall–Kier alpha value is -1.93. The second-order valence-corrected chi connectivity index (χ2v) is 6.14. The Morgan fingerprint density at radius 1 is 1.21 bits per heavy atom. The molecule has 0 aromatic heterocycles. The molecule has 134 valence electrons. The van der Waals surface area contributed by atoms with E-state index in [2.05, 4.69) is 0 Å². The molecular weight excluding hydrogens is 340 g/mol. The van der Waals surface area contributed by atoms with Crippen molar-refractivity contribution in [3.63, 3.8) is 0 Å². The van der Waals surface area contributed by atoms with Gasteiger partial charge >= 0.3 is 12.4 Å². The molecule has 0 N–H and O–H groups in total. The number of halogens is 6. The number of hydrogen-bond donors (Lipinski definition) is 0. The van der Waals surface area contributed by atoms with E-state index in [1.807, 2.05) is 0 Å². The molecule has 9 heteroatoms. The van der Waals surface area contributed by atoms with Gasteiger partial charge in [0.2, 0.25) is 5.91 Å². The van der Waals surface area contributed by atoms with Crippen molar-refractivity contribution in [2.24, 2.45) is 0 Å². The summed E-state index contributed by atoms with van der Waals surface area (Å²) in [6.07, 6.45) is -11.3. The fourth-order valence-corrected chi connectivity index (χ4v) is 2.39. The van der Waals surface area contributed by atoms with Gasteiger partial charge in [-0.1, -0.05) is 0 Å². The van der Waals surface area contributed by atoms with E-state index in [0.29, 0.717) is 0 Å². The van der Waals surface area contributed by atoms with E-state index < -0.39 is 42.3 Å². The van der Waals surface area contributed by atoms with Crippen molar-refractivity contribution < 1.29 is 35.9 Å². The number of rotatable bonds is 2. The van der Waals surface area contributed by atoms with Crippen LogP contribution in [0.5, 0.6) is 5.75 Å². The quantitative estimate of drug-likeness (QED) is 0.729. The molecule has 0 unspecified atom stereocenters. The molecule has 1 aromatic rings. The standard InChI is InChI=1S/C15H15F6NO2/c1-13(2)8-22(12(23)5-6-14(16,17)18)10-7-9(15(19,20)21)3-4-11(10)24-13/h3-4,7H,5-6,8H2,1-2H3. The molecule has 3 nitrogen and oxygen atoms in total. The summed E-state index contributed by atoms with van der Waals surface area (Å²) < 4.78 is 81.0. The van der Waals surface area contributed by atoms with Gasteiger partial charge in [-0.2, -0.15) is 26.3 Å². The molecule has 1 heterocycles. The number of carbonyl (C=O) groups excluding carboxylic acids is 1. The normalized spacial score (nSPS) is 17.2. The molecule has 1 aliphatic heterocycles. The van der Waals surface area contributed by atoms with Crippen molar-refractivity contribution >= 4 is 11.6 Å². The summed E-state index contributed by atoms with van der Waals surface area (Å²) in [4.78, 5) is 13.1. The number of amides is 1. The highest BCUT2D eigenvalue weighted by molar-refractivity contribution is 5.95. The van der Waals surface area contributed by atoms with Crippen LogP contribution in [0.3, 0.4) is 0 Å². The third-order valence-corrected chi connectivity index (χ3v) is 3.43. The summed E-state index contributed by atoms with van der Waals surface area (Å²) in [5.41, 5.74) is -2.10. The van der Waals surface area contributed by atoms with Crippen LogP contribution in [0.25, 0.3) is 0 Å². The Bertz CT molecular complexity index is 636. The van der Waals surface area contributed by atoms with Gasteiger partial charge in [-0.25, -0.2) is 0 Å². The lowest BCUT2D eigenvalue weighted by Gasteiger charge is -2.40. The highest BCUT2D eigenvalue weighted by Crippen LogP contribution is 2.41. The first-order chi connectivity index (χ1) is 10.8. The topological polar surface area (TPSA) is 29.5 Å². The number of alkyl halides is 6. The Balaban J connectivity index is 2.37. The van der Waals surface area contributed by atoms with E-state index >= 15 is 0 Å². The lowest BCUT2D eigenvalue weighted by atomic mass is 10.0. The van der Waals surface area contributed by atoms with Crippen molar-refractivity contribution in [3.8, 4) is 5.75 Å². The molecule has 0 saturated carbocycles. The third-order valence-electron chi connectivity index (χ3n) is 3.43. The second kappa shape index (κ2) is 5.86. The van der Waals surface area contributed by atoms with Gasteiger partial charge in [0.05, 0.1) is 24.2 Å². The second-order valence-electron chi connectivity index (χ2n) is 6.14. The molecule has 0 saturated heterocycles. The SMILES string of the molecule is CC1(C)CN(C(=O)CCC(F)(F)F)c2cc(C(F)(F)F)ccc2O1. The van der Waals surface area contributed by atoms with E-state index in [-0.39, 0.29) is 18.0 Å².